The quantitative estimate of drug-likeness (QED) is 0.558. The number of hydrogen-bond donors (Lipinski definition) is 1. The molecule has 1 amide bonds. The van der Waals surface area contributed by atoms with Crippen LogP contribution in [0.2, 0.25) is 0 Å². The molecule has 1 N–H and O–H groups in total. The number of ether oxygens (including phenoxy) is 2. The number of morpholine rings is 1. The van der Waals surface area contributed by atoms with Crippen LogP contribution in [0.15, 0.2) is 53.5 Å². The standard InChI is InChI=1S/C26H23FN4O5/c27-18-5-1-3-15-17(18)13-28-9-12-36-20-6-2-4-16(23(20)28)22(15)31-21-14-35-11-10-29(21)26(34)24-25(33)19(32)7-8-30(24)31/h1-8,21-22,33H,9-14H2/t21-,22+/m1/s1. The van der Waals surface area contributed by atoms with Gasteiger partial charge in [-0.3, -0.25) is 19.3 Å². The first-order valence-corrected chi connectivity index (χ1v) is 11.9. The minimum atomic E-state index is -0.634. The van der Waals surface area contributed by atoms with E-state index in [-0.39, 0.29) is 18.1 Å². The Hall–Kier alpha value is -4.05. The van der Waals surface area contributed by atoms with Crippen LogP contribution >= 0.6 is 0 Å². The van der Waals surface area contributed by atoms with Gasteiger partial charge in [-0.2, -0.15) is 0 Å². The molecule has 0 bridgehead atoms. The minimum absolute atomic E-state index is 0.110. The summed E-state index contributed by atoms with van der Waals surface area (Å²) in [5.74, 6) is -0.649. The molecule has 184 valence electrons. The molecule has 10 heteroatoms. The molecule has 1 saturated heterocycles. The van der Waals surface area contributed by atoms with Crippen LogP contribution in [-0.4, -0.2) is 59.7 Å². The average molecular weight is 490 g/mol. The Morgan fingerprint density at radius 2 is 1.83 bits per heavy atom. The largest absolute Gasteiger partial charge is 0.502 e. The third-order valence-corrected chi connectivity index (χ3v) is 7.50. The summed E-state index contributed by atoms with van der Waals surface area (Å²) in [5, 5.41) is 12.6. The van der Waals surface area contributed by atoms with Crippen molar-refractivity contribution in [1.29, 1.82) is 0 Å². The Morgan fingerprint density at radius 1 is 1.00 bits per heavy atom. The maximum Gasteiger partial charge on any atom is 0.278 e. The molecule has 7 rings (SSSR count). The van der Waals surface area contributed by atoms with Crippen LogP contribution < -0.4 is 20.1 Å². The fraction of sp³-hybridized carbons (Fsp3) is 0.308. The number of fused-ring (bicyclic) bond motifs is 3. The number of carbonyl (C=O) groups is 1. The number of aromatic hydroxyl groups is 1. The van der Waals surface area contributed by atoms with Crippen LogP contribution in [0.1, 0.15) is 33.2 Å². The molecular weight excluding hydrogens is 467 g/mol. The number of carbonyl (C=O) groups excluding carboxylic acids is 1. The summed E-state index contributed by atoms with van der Waals surface area (Å²) in [7, 11) is 0. The zero-order valence-corrected chi connectivity index (χ0v) is 19.3. The number of benzene rings is 2. The lowest BCUT2D eigenvalue weighted by molar-refractivity contribution is -0.0197. The highest BCUT2D eigenvalue weighted by molar-refractivity contribution is 5.96. The van der Waals surface area contributed by atoms with Gasteiger partial charge in [0.15, 0.2) is 11.4 Å². The smallest absolute Gasteiger partial charge is 0.278 e. The van der Waals surface area contributed by atoms with E-state index >= 15 is 4.39 Å². The van der Waals surface area contributed by atoms with Crippen molar-refractivity contribution in [3.63, 3.8) is 0 Å². The first kappa shape index (κ1) is 21.3. The predicted octanol–water partition coefficient (Wildman–Crippen LogP) is 1.95. The molecule has 0 unspecified atom stereocenters. The van der Waals surface area contributed by atoms with Gasteiger partial charge >= 0.3 is 0 Å². The highest BCUT2D eigenvalue weighted by Gasteiger charge is 2.47. The molecule has 1 fully saturated rings. The van der Waals surface area contributed by atoms with Gasteiger partial charge in [-0.05, 0) is 17.7 Å². The average Bonchev–Trinajstić information content (AvgIpc) is 3.03. The molecule has 0 radical (unpaired) electrons. The second kappa shape index (κ2) is 7.72. The Bertz CT molecular complexity index is 1470. The van der Waals surface area contributed by atoms with Crippen molar-refractivity contribution in [3.8, 4) is 11.5 Å². The summed E-state index contributed by atoms with van der Waals surface area (Å²) in [5.41, 5.74) is 2.29. The molecule has 4 aliphatic rings. The molecule has 0 spiro atoms. The van der Waals surface area contributed by atoms with Crippen LogP contribution in [0.3, 0.4) is 0 Å². The number of anilines is 1. The zero-order valence-electron chi connectivity index (χ0n) is 19.3. The predicted molar refractivity (Wildman–Crippen MR) is 127 cm³/mol. The molecule has 5 heterocycles. The highest BCUT2D eigenvalue weighted by atomic mass is 19.1. The van der Waals surface area contributed by atoms with Crippen molar-refractivity contribution in [3.05, 3.63) is 87.1 Å². The van der Waals surface area contributed by atoms with Crippen LogP contribution in [0.25, 0.3) is 0 Å². The molecule has 36 heavy (non-hydrogen) atoms. The van der Waals surface area contributed by atoms with E-state index in [2.05, 4.69) is 4.90 Å². The summed E-state index contributed by atoms with van der Waals surface area (Å²) < 4.78 is 28.7. The Kier molecular flexibility index (Phi) is 4.56. The van der Waals surface area contributed by atoms with Crippen molar-refractivity contribution in [1.82, 2.24) is 9.58 Å². The minimum Gasteiger partial charge on any atom is -0.502 e. The van der Waals surface area contributed by atoms with E-state index < -0.39 is 29.3 Å². The first-order chi connectivity index (χ1) is 17.5. The van der Waals surface area contributed by atoms with Crippen LogP contribution in [0.4, 0.5) is 10.1 Å². The van der Waals surface area contributed by atoms with Crippen molar-refractivity contribution >= 4 is 11.6 Å². The molecule has 4 aliphatic heterocycles. The molecule has 1 aromatic heterocycles. The van der Waals surface area contributed by atoms with Gasteiger partial charge in [0.2, 0.25) is 5.43 Å². The number of rotatable bonds is 1. The third-order valence-electron chi connectivity index (χ3n) is 7.50. The van der Waals surface area contributed by atoms with Gasteiger partial charge in [0, 0.05) is 36.5 Å². The number of hydrogen-bond acceptors (Lipinski definition) is 7. The number of nitrogens with zero attached hydrogens (tertiary/aromatic N) is 4. The van der Waals surface area contributed by atoms with Crippen molar-refractivity contribution in [2.24, 2.45) is 0 Å². The summed E-state index contributed by atoms with van der Waals surface area (Å²) in [6.45, 7) is 2.32. The molecule has 2 aromatic carbocycles. The van der Waals surface area contributed by atoms with E-state index in [0.717, 1.165) is 16.8 Å². The van der Waals surface area contributed by atoms with Crippen molar-refractivity contribution in [2.75, 3.05) is 42.8 Å². The summed E-state index contributed by atoms with van der Waals surface area (Å²) >= 11 is 0. The van der Waals surface area contributed by atoms with E-state index in [1.165, 1.54) is 23.0 Å². The van der Waals surface area contributed by atoms with Gasteiger partial charge in [-0.1, -0.05) is 24.3 Å². The lowest BCUT2D eigenvalue weighted by Gasteiger charge is -2.51. The molecular formula is C26H23FN4O5. The highest BCUT2D eigenvalue weighted by Crippen LogP contribution is 2.47. The summed E-state index contributed by atoms with van der Waals surface area (Å²) in [6.07, 6.45) is 0.947. The Morgan fingerprint density at radius 3 is 2.72 bits per heavy atom. The topological polar surface area (TPSA) is 87.5 Å². The van der Waals surface area contributed by atoms with E-state index in [1.54, 1.807) is 11.0 Å². The van der Waals surface area contributed by atoms with Gasteiger partial charge in [0.05, 0.1) is 25.4 Å². The number of amides is 1. The van der Waals surface area contributed by atoms with Gasteiger partial charge in [-0.15, -0.1) is 0 Å². The van der Waals surface area contributed by atoms with Gasteiger partial charge in [-0.25, -0.2) is 4.39 Å². The number of aromatic nitrogens is 1. The van der Waals surface area contributed by atoms with Gasteiger partial charge in [0.1, 0.15) is 30.4 Å². The molecule has 2 atom stereocenters. The lowest BCUT2D eigenvalue weighted by atomic mass is 9.93. The maximum absolute atomic E-state index is 15.4. The maximum atomic E-state index is 15.4. The van der Waals surface area contributed by atoms with Gasteiger partial charge in [0.25, 0.3) is 5.91 Å². The van der Waals surface area contributed by atoms with E-state index in [9.17, 15) is 14.7 Å². The van der Waals surface area contributed by atoms with Crippen molar-refractivity contribution in [2.45, 2.75) is 18.8 Å². The number of halogens is 1. The number of pyridine rings is 1. The van der Waals surface area contributed by atoms with Crippen LogP contribution in [0.5, 0.6) is 11.5 Å². The summed E-state index contributed by atoms with van der Waals surface area (Å²) in [4.78, 5) is 29.6. The molecule has 0 saturated carbocycles. The monoisotopic (exact) mass is 490 g/mol. The SMILES string of the molecule is O=C1c2c(O)c(=O)ccn2N([C@H]2c3cccc(F)c3CN3CCOc4cccc2c43)[C@@H]2COCCN12. The molecule has 9 nitrogen and oxygen atoms in total. The second-order valence-corrected chi connectivity index (χ2v) is 9.33. The number of para-hydroxylation sites is 1. The van der Waals surface area contributed by atoms with Gasteiger partial charge < -0.3 is 24.4 Å². The molecule has 3 aromatic rings. The lowest BCUT2D eigenvalue weighted by Crippen LogP contribution is -2.66. The zero-order chi connectivity index (χ0) is 24.6. The molecule has 0 aliphatic carbocycles. The second-order valence-electron chi connectivity index (χ2n) is 9.33. The Labute approximate surface area is 205 Å². The fourth-order valence-electron chi connectivity index (χ4n) is 5.92. The normalized spacial score (nSPS) is 22.1. The Balaban J connectivity index is 1.56. The summed E-state index contributed by atoms with van der Waals surface area (Å²) in [6, 6.07) is 11.5. The van der Waals surface area contributed by atoms with Crippen LogP contribution in [-0.2, 0) is 11.3 Å². The van der Waals surface area contributed by atoms with E-state index in [1.807, 2.05) is 29.3 Å². The van der Waals surface area contributed by atoms with E-state index in [0.29, 0.717) is 44.2 Å². The third kappa shape index (κ3) is 2.84. The first-order valence-electron chi connectivity index (χ1n) is 11.9. The van der Waals surface area contributed by atoms with E-state index in [4.69, 9.17) is 9.47 Å². The van der Waals surface area contributed by atoms with Crippen LogP contribution in [0, 0.1) is 5.82 Å². The van der Waals surface area contributed by atoms with Crippen molar-refractivity contribution < 1.29 is 23.8 Å². The fourth-order valence-corrected chi connectivity index (χ4v) is 5.92.